The lowest BCUT2D eigenvalue weighted by atomic mass is 10.4. The summed E-state index contributed by atoms with van der Waals surface area (Å²) in [5.41, 5.74) is 1.97. The highest BCUT2D eigenvalue weighted by molar-refractivity contribution is 6.66. The van der Waals surface area contributed by atoms with Crippen LogP contribution in [0.3, 0.4) is 0 Å². The molecule has 0 aliphatic carbocycles. The zero-order chi connectivity index (χ0) is 26.6. The molecular formula is C19H44O11Si3. The monoisotopic (exact) mass is 532 g/mol. The van der Waals surface area contributed by atoms with Gasteiger partial charge in [-0.3, -0.25) is 0 Å². The molecule has 0 aromatic rings. The van der Waals surface area contributed by atoms with Gasteiger partial charge in [-0.2, -0.15) is 0 Å². The van der Waals surface area contributed by atoms with Crippen LogP contribution < -0.4 is 0 Å². The van der Waals surface area contributed by atoms with E-state index < -0.39 is 26.4 Å². The molecule has 0 N–H and O–H groups in total. The Hall–Kier alpha value is -0.759. The van der Waals surface area contributed by atoms with Gasteiger partial charge in [-0.05, 0) is 19.0 Å². The van der Waals surface area contributed by atoms with Crippen molar-refractivity contribution in [1.29, 1.82) is 0 Å². The normalized spacial score (nSPS) is 11.5. The molecule has 0 amide bonds. The van der Waals surface area contributed by atoms with Gasteiger partial charge in [0.25, 0.3) is 0 Å². The second-order valence-corrected chi connectivity index (χ2v) is 15.1. The van der Waals surface area contributed by atoms with Crippen molar-refractivity contribution in [3.05, 3.63) is 24.4 Å². The number of ether oxygens (including phenoxy) is 1. The third-order valence-electron chi connectivity index (χ3n) is 4.36. The second-order valence-electron chi connectivity index (χ2n) is 6.21. The number of hydrogen-bond acceptors (Lipinski definition) is 11. The Morgan fingerprint density at radius 2 is 1.15 bits per heavy atom. The minimum atomic E-state index is -2.53. The van der Waals surface area contributed by atoms with Crippen LogP contribution in [0.5, 0.6) is 0 Å². The van der Waals surface area contributed by atoms with E-state index in [0.717, 1.165) is 0 Å². The van der Waals surface area contributed by atoms with Crippen molar-refractivity contribution in [3.63, 3.8) is 0 Å². The van der Waals surface area contributed by atoms with Crippen LogP contribution in [-0.4, -0.2) is 103 Å². The fourth-order valence-electron chi connectivity index (χ4n) is 1.88. The van der Waals surface area contributed by atoms with Crippen LogP contribution in [0.2, 0.25) is 12.6 Å². The van der Waals surface area contributed by atoms with Crippen LogP contribution in [0.25, 0.3) is 0 Å². The van der Waals surface area contributed by atoms with E-state index in [9.17, 15) is 4.79 Å². The summed E-state index contributed by atoms with van der Waals surface area (Å²) in [5.74, 6) is -0.375. The van der Waals surface area contributed by atoms with E-state index in [2.05, 4.69) is 13.2 Å². The molecule has 0 rings (SSSR count). The summed E-state index contributed by atoms with van der Waals surface area (Å²) in [7, 11) is 6.91. The topological polar surface area (TPSA) is 109 Å². The van der Waals surface area contributed by atoms with Gasteiger partial charge in [0.05, 0.1) is 6.61 Å². The molecule has 0 heterocycles. The zero-order valence-corrected chi connectivity index (χ0v) is 25.1. The standard InChI is InChI=1S/C10H20O5Si.C5H12O3Si.C4H12O3Si/c1-9(2)10(11)15-7-6-8-16(12-3,13-4)14-5;1-5-9(6-2,7-3)8-4;1-5-8(4,6-2)7-3/h1,6-8H2,2-5H3;5H,1H2,2-4H3;1-4H3. The molecular weight excluding hydrogens is 488 g/mol. The van der Waals surface area contributed by atoms with Gasteiger partial charge in [0.2, 0.25) is 0 Å². The highest BCUT2D eigenvalue weighted by atomic mass is 28.4. The molecule has 0 fully saturated rings. The maximum absolute atomic E-state index is 11.1. The smallest absolute Gasteiger partial charge is 0.462 e. The Kier molecular flexibility index (Phi) is 23.0. The molecule has 0 aliphatic heterocycles. The van der Waals surface area contributed by atoms with E-state index in [4.69, 9.17) is 44.6 Å². The van der Waals surface area contributed by atoms with Gasteiger partial charge in [0.1, 0.15) is 0 Å². The van der Waals surface area contributed by atoms with Crippen molar-refractivity contribution in [2.75, 3.05) is 70.6 Å². The second kappa shape index (κ2) is 20.6. The lowest BCUT2D eigenvalue weighted by Gasteiger charge is -2.24. The van der Waals surface area contributed by atoms with Crippen molar-refractivity contribution >= 4 is 32.4 Å². The predicted octanol–water partition coefficient (Wildman–Crippen LogP) is 2.46. The summed E-state index contributed by atoms with van der Waals surface area (Å²) in [6.07, 6.45) is 0.640. The van der Waals surface area contributed by atoms with Gasteiger partial charge in [-0.15, -0.1) is 0 Å². The summed E-state index contributed by atoms with van der Waals surface area (Å²) in [6, 6.07) is 0.611. The van der Waals surface area contributed by atoms with E-state index in [1.54, 1.807) is 76.6 Å². The molecule has 0 aliphatic rings. The van der Waals surface area contributed by atoms with E-state index >= 15 is 0 Å². The molecule has 0 aromatic carbocycles. The Labute approximate surface area is 202 Å². The number of hydrogen-bond donors (Lipinski definition) is 0. The van der Waals surface area contributed by atoms with Gasteiger partial charge >= 0.3 is 32.4 Å². The average Bonchev–Trinajstić information content (AvgIpc) is 2.86. The molecule has 11 nitrogen and oxygen atoms in total. The van der Waals surface area contributed by atoms with Crippen molar-refractivity contribution in [3.8, 4) is 0 Å². The van der Waals surface area contributed by atoms with Crippen LogP contribution in [0, 0.1) is 0 Å². The molecule has 0 radical (unpaired) electrons. The molecule has 0 spiro atoms. The van der Waals surface area contributed by atoms with E-state index in [1.165, 1.54) is 0 Å². The zero-order valence-electron chi connectivity index (χ0n) is 22.1. The summed E-state index contributed by atoms with van der Waals surface area (Å²) in [5, 5.41) is 0. The van der Waals surface area contributed by atoms with Gasteiger partial charge < -0.3 is 44.6 Å². The van der Waals surface area contributed by atoms with Crippen molar-refractivity contribution < 1.29 is 49.4 Å². The van der Waals surface area contributed by atoms with E-state index in [0.29, 0.717) is 24.6 Å². The first kappa shape index (κ1) is 36.8. The number of carbonyl (C=O) groups is 1. The molecule has 14 heteroatoms. The first-order valence-corrected chi connectivity index (χ1v) is 15.8. The maximum Gasteiger partial charge on any atom is 0.528 e. The molecule has 0 bridgehead atoms. The quantitative estimate of drug-likeness (QED) is 0.134. The molecule has 0 saturated heterocycles. The highest BCUT2D eigenvalue weighted by Gasteiger charge is 2.37. The first-order chi connectivity index (χ1) is 15.4. The SMILES string of the molecule is C=C(C)C(=O)OCCC[Si](OC)(OC)OC.C=C[Si](OC)(OC)OC.CO[Si](C)(OC)OC. The minimum Gasteiger partial charge on any atom is -0.462 e. The number of rotatable bonds is 15. The number of esters is 1. The Bertz CT molecular complexity index is 498. The van der Waals surface area contributed by atoms with Gasteiger partial charge in [0.15, 0.2) is 0 Å². The van der Waals surface area contributed by atoms with Gasteiger partial charge in [0, 0.05) is 82.2 Å². The Balaban J connectivity index is -0.000000449. The Morgan fingerprint density at radius 3 is 1.33 bits per heavy atom. The first-order valence-electron chi connectivity index (χ1n) is 9.86. The summed E-state index contributed by atoms with van der Waals surface area (Å²) >= 11 is 0. The van der Waals surface area contributed by atoms with E-state index in [1.807, 2.05) is 6.55 Å². The summed E-state index contributed by atoms with van der Waals surface area (Å²) < 4.78 is 50.3. The molecule has 0 saturated carbocycles. The third kappa shape index (κ3) is 15.7. The molecule has 198 valence electrons. The van der Waals surface area contributed by atoms with Crippen LogP contribution in [0.1, 0.15) is 13.3 Å². The van der Waals surface area contributed by atoms with Crippen molar-refractivity contribution in [2.45, 2.75) is 25.9 Å². The lowest BCUT2D eigenvalue weighted by Crippen LogP contribution is -2.42. The Morgan fingerprint density at radius 1 is 0.758 bits per heavy atom. The van der Waals surface area contributed by atoms with Crippen LogP contribution in [0.4, 0.5) is 0 Å². The predicted molar refractivity (Wildman–Crippen MR) is 132 cm³/mol. The van der Waals surface area contributed by atoms with Gasteiger partial charge in [-0.25, -0.2) is 4.79 Å². The van der Waals surface area contributed by atoms with Crippen molar-refractivity contribution in [1.82, 2.24) is 0 Å². The van der Waals surface area contributed by atoms with Gasteiger partial charge in [-0.1, -0.05) is 13.2 Å². The molecule has 33 heavy (non-hydrogen) atoms. The minimum absolute atomic E-state index is 0.316. The summed E-state index contributed by atoms with van der Waals surface area (Å²) in [6.45, 7) is 10.8. The maximum atomic E-state index is 11.1. The van der Waals surface area contributed by atoms with Crippen LogP contribution >= 0.6 is 0 Å². The van der Waals surface area contributed by atoms with E-state index in [-0.39, 0.29) is 5.97 Å². The largest absolute Gasteiger partial charge is 0.528 e. The molecule has 0 unspecified atom stereocenters. The number of carbonyl (C=O) groups excluding carboxylic acids is 1. The highest BCUT2D eigenvalue weighted by Crippen LogP contribution is 2.15. The average molecular weight is 533 g/mol. The van der Waals surface area contributed by atoms with Crippen molar-refractivity contribution in [2.24, 2.45) is 0 Å². The lowest BCUT2D eigenvalue weighted by molar-refractivity contribution is -0.139. The molecule has 0 atom stereocenters. The molecule has 0 aromatic heterocycles. The fraction of sp³-hybridized carbons (Fsp3) is 0.737. The van der Waals surface area contributed by atoms with Crippen LogP contribution in [0.15, 0.2) is 24.4 Å². The summed E-state index contributed by atoms with van der Waals surface area (Å²) in [4.78, 5) is 11.1. The van der Waals surface area contributed by atoms with Crippen LogP contribution in [-0.2, 0) is 49.4 Å². The fourth-order valence-corrected chi connectivity index (χ4v) is 5.07. The third-order valence-corrected chi connectivity index (χ3v) is 11.6.